The molecule has 112 valence electrons. The van der Waals surface area contributed by atoms with E-state index in [4.69, 9.17) is 11.0 Å². The maximum atomic E-state index is 12.1. The zero-order valence-corrected chi connectivity index (χ0v) is 12.2. The summed E-state index contributed by atoms with van der Waals surface area (Å²) in [7, 11) is -4.00. The highest BCUT2D eigenvalue weighted by atomic mass is 32.2. The van der Waals surface area contributed by atoms with Crippen LogP contribution in [0, 0.1) is 11.3 Å². The summed E-state index contributed by atoms with van der Waals surface area (Å²) in [6.07, 6.45) is 1.26. The number of rotatable bonds is 4. The van der Waals surface area contributed by atoms with Crippen molar-refractivity contribution < 1.29 is 13.2 Å². The van der Waals surface area contributed by atoms with Gasteiger partial charge >= 0.3 is 0 Å². The number of sulfonamides is 1. The zero-order chi connectivity index (χ0) is 16.2. The number of pyridine rings is 1. The number of carbonyl (C=O) groups is 1. The van der Waals surface area contributed by atoms with Crippen molar-refractivity contribution >= 4 is 15.9 Å². The zero-order valence-electron chi connectivity index (χ0n) is 11.4. The minimum absolute atomic E-state index is 0.0253. The van der Waals surface area contributed by atoms with Crippen molar-refractivity contribution in [3.8, 4) is 6.07 Å². The van der Waals surface area contributed by atoms with Gasteiger partial charge < -0.3 is 5.73 Å². The molecule has 0 atom stereocenters. The Hall–Kier alpha value is -2.76. The lowest BCUT2D eigenvalue weighted by Gasteiger charge is -2.07. The summed E-state index contributed by atoms with van der Waals surface area (Å²) < 4.78 is 26.2. The monoisotopic (exact) mass is 316 g/mol. The number of nitrogens with zero attached hydrogens (tertiary/aromatic N) is 2. The molecular weight excluding hydrogens is 304 g/mol. The fraction of sp³-hybridized carbons (Fsp3) is 0.0714. The summed E-state index contributed by atoms with van der Waals surface area (Å²) in [5.74, 6) is -0.832. The minimum Gasteiger partial charge on any atom is -0.326 e. The van der Waals surface area contributed by atoms with E-state index in [1.807, 2.05) is 4.72 Å². The molecule has 0 bridgehead atoms. The Balaban J connectivity index is 2.23. The van der Waals surface area contributed by atoms with Crippen LogP contribution in [0.15, 0.2) is 47.5 Å². The number of hydrogen-bond donors (Lipinski definition) is 2. The van der Waals surface area contributed by atoms with E-state index in [2.05, 4.69) is 4.98 Å². The van der Waals surface area contributed by atoms with E-state index in [9.17, 15) is 13.2 Å². The van der Waals surface area contributed by atoms with Gasteiger partial charge in [-0.25, -0.2) is 18.1 Å². The van der Waals surface area contributed by atoms with E-state index in [-0.39, 0.29) is 16.2 Å². The molecule has 2 aromatic rings. The van der Waals surface area contributed by atoms with Gasteiger partial charge in [-0.05, 0) is 29.8 Å². The number of amides is 1. The van der Waals surface area contributed by atoms with Crippen LogP contribution in [-0.4, -0.2) is 19.3 Å². The van der Waals surface area contributed by atoms with E-state index >= 15 is 0 Å². The highest BCUT2D eigenvalue weighted by Crippen LogP contribution is 2.11. The second-order valence-corrected chi connectivity index (χ2v) is 6.01. The smallest absolute Gasteiger partial charge is 0.265 e. The molecule has 0 aliphatic heterocycles. The summed E-state index contributed by atoms with van der Waals surface area (Å²) in [6, 6.07) is 10.2. The predicted octanol–water partition coefficient (Wildman–Crippen LogP) is 0.531. The van der Waals surface area contributed by atoms with Gasteiger partial charge in [-0.1, -0.05) is 12.1 Å². The number of carbonyl (C=O) groups excluding carboxylic acids is 1. The van der Waals surface area contributed by atoms with Crippen molar-refractivity contribution in [1.82, 2.24) is 9.71 Å². The number of nitrogens with two attached hydrogens (primary N) is 1. The quantitative estimate of drug-likeness (QED) is 0.847. The Morgan fingerprint density at radius 3 is 2.55 bits per heavy atom. The fourth-order valence-electron chi connectivity index (χ4n) is 1.68. The van der Waals surface area contributed by atoms with Crippen LogP contribution in [0.3, 0.4) is 0 Å². The lowest BCUT2D eigenvalue weighted by Crippen LogP contribution is -2.30. The average Bonchev–Trinajstić information content (AvgIpc) is 2.54. The summed E-state index contributed by atoms with van der Waals surface area (Å²) in [5.41, 5.74) is 6.28. The molecule has 22 heavy (non-hydrogen) atoms. The second-order valence-electron chi connectivity index (χ2n) is 4.32. The Kier molecular flexibility index (Phi) is 4.50. The molecule has 1 amide bonds. The highest BCUT2D eigenvalue weighted by molar-refractivity contribution is 7.90. The molecule has 0 unspecified atom stereocenters. The topological polar surface area (TPSA) is 126 Å². The molecule has 0 fully saturated rings. The molecule has 3 N–H and O–H groups in total. The molecule has 1 heterocycles. The number of benzene rings is 1. The van der Waals surface area contributed by atoms with Gasteiger partial charge in [-0.3, -0.25) is 4.79 Å². The van der Waals surface area contributed by atoms with Gasteiger partial charge in [0, 0.05) is 18.3 Å². The first-order valence-corrected chi connectivity index (χ1v) is 7.67. The summed E-state index contributed by atoms with van der Waals surface area (Å²) >= 11 is 0. The first kappa shape index (κ1) is 15.6. The molecule has 2 rings (SSSR count). The lowest BCUT2D eigenvalue weighted by atomic mass is 10.2. The molecule has 0 saturated carbocycles. The minimum atomic E-state index is -4.00. The van der Waals surface area contributed by atoms with Gasteiger partial charge in [0.1, 0.15) is 11.8 Å². The molecule has 0 aliphatic carbocycles. The third-order valence-electron chi connectivity index (χ3n) is 2.83. The van der Waals surface area contributed by atoms with Gasteiger partial charge in [0.05, 0.1) is 4.90 Å². The molecular formula is C14H12N4O3S. The van der Waals surface area contributed by atoms with E-state index in [1.165, 1.54) is 30.5 Å². The van der Waals surface area contributed by atoms with Crippen LogP contribution < -0.4 is 10.5 Å². The fourth-order valence-corrected chi connectivity index (χ4v) is 2.65. The molecule has 0 radical (unpaired) electrons. The summed E-state index contributed by atoms with van der Waals surface area (Å²) in [6.45, 7) is 0.292. The number of hydrogen-bond acceptors (Lipinski definition) is 6. The SMILES string of the molecule is N#Cc1cc(C(=O)NS(=O)(=O)c2ccc(CN)cc2)ccn1. The van der Waals surface area contributed by atoms with Crippen LogP contribution in [0.4, 0.5) is 0 Å². The van der Waals surface area contributed by atoms with E-state index in [1.54, 1.807) is 18.2 Å². The van der Waals surface area contributed by atoms with Gasteiger partial charge in [-0.2, -0.15) is 5.26 Å². The Labute approximate surface area is 127 Å². The van der Waals surface area contributed by atoms with Gasteiger partial charge in [0.15, 0.2) is 0 Å². The predicted molar refractivity (Wildman–Crippen MR) is 77.9 cm³/mol. The molecule has 0 saturated heterocycles. The van der Waals surface area contributed by atoms with Crippen LogP contribution in [0.5, 0.6) is 0 Å². The molecule has 1 aromatic heterocycles. The van der Waals surface area contributed by atoms with Crippen LogP contribution in [-0.2, 0) is 16.6 Å². The summed E-state index contributed by atoms with van der Waals surface area (Å²) in [5, 5.41) is 8.73. The maximum Gasteiger partial charge on any atom is 0.265 e. The Morgan fingerprint density at radius 2 is 1.95 bits per heavy atom. The second kappa shape index (κ2) is 6.34. The maximum absolute atomic E-state index is 12.1. The van der Waals surface area contributed by atoms with Crippen LogP contribution in [0.1, 0.15) is 21.6 Å². The Morgan fingerprint density at radius 1 is 1.27 bits per heavy atom. The van der Waals surface area contributed by atoms with Crippen LogP contribution in [0.25, 0.3) is 0 Å². The van der Waals surface area contributed by atoms with Crippen molar-refractivity contribution in [3.05, 3.63) is 59.4 Å². The lowest BCUT2D eigenvalue weighted by molar-refractivity contribution is 0.0981. The van der Waals surface area contributed by atoms with Crippen LogP contribution >= 0.6 is 0 Å². The van der Waals surface area contributed by atoms with Crippen molar-refractivity contribution in [2.24, 2.45) is 5.73 Å². The van der Waals surface area contributed by atoms with Gasteiger partial charge in [-0.15, -0.1) is 0 Å². The number of nitrogens with one attached hydrogen (secondary N) is 1. The normalized spacial score (nSPS) is 10.7. The number of aromatic nitrogens is 1. The van der Waals surface area contributed by atoms with Crippen molar-refractivity contribution in [2.75, 3.05) is 0 Å². The van der Waals surface area contributed by atoms with Crippen molar-refractivity contribution in [1.29, 1.82) is 5.26 Å². The molecule has 8 heteroatoms. The third kappa shape index (κ3) is 3.46. The third-order valence-corrected chi connectivity index (χ3v) is 4.18. The highest BCUT2D eigenvalue weighted by Gasteiger charge is 2.19. The molecule has 7 nitrogen and oxygen atoms in total. The largest absolute Gasteiger partial charge is 0.326 e. The van der Waals surface area contributed by atoms with Crippen LogP contribution in [0.2, 0.25) is 0 Å². The number of nitriles is 1. The standard InChI is InChI=1S/C14H12N4O3S/c15-8-10-1-3-13(4-2-10)22(20,21)18-14(19)11-5-6-17-12(7-11)9-16/h1-7H,8,15H2,(H,18,19). The van der Waals surface area contributed by atoms with Gasteiger partial charge in [0.25, 0.3) is 15.9 Å². The van der Waals surface area contributed by atoms with Crippen molar-refractivity contribution in [2.45, 2.75) is 11.4 Å². The van der Waals surface area contributed by atoms with E-state index in [0.29, 0.717) is 6.54 Å². The first-order chi connectivity index (χ1) is 10.5. The molecule has 0 spiro atoms. The molecule has 1 aromatic carbocycles. The van der Waals surface area contributed by atoms with E-state index in [0.717, 1.165) is 5.56 Å². The van der Waals surface area contributed by atoms with Gasteiger partial charge in [0.2, 0.25) is 0 Å². The van der Waals surface area contributed by atoms with E-state index < -0.39 is 15.9 Å². The average molecular weight is 316 g/mol. The molecule has 0 aliphatic rings. The summed E-state index contributed by atoms with van der Waals surface area (Å²) in [4.78, 5) is 15.6. The Bertz CT molecular complexity index is 839. The van der Waals surface area contributed by atoms with Crippen molar-refractivity contribution in [3.63, 3.8) is 0 Å². The first-order valence-electron chi connectivity index (χ1n) is 6.18.